The zero-order chi connectivity index (χ0) is 11.4. The molecule has 1 atom stereocenters. The Morgan fingerprint density at radius 1 is 1.07 bits per heavy atom. The second-order valence-corrected chi connectivity index (χ2v) is 3.92. The van der Waals surface area contributed by atoms with Crippen molar-refractivity contribution in [3.8, 4) is 0 Å². The molecule has 0 aromatic carbocycles. The van der Waals surface area contributed by atoms with Crippen LogP contribution in [0.5, 0.6) is 0 Å². The first-order chi connectivity index (χ1) is 7.31. The van der Waals surface area contributed by atoms with Crippen LogP contribution >= 0.6 is 0 Å². The van der Waals surface area contributed by atoms with Crippen LogP contribution < -0.4 is 5.32 Å². The monoisotopic (exact) mass is 217 g/mol. The summed E-state index contributed by atoms with van der Waals surface area (Å²) in [5.41, 5.74) is 0. The van der Waals surface area contributed by atoms with Gasteiger partial charge in [0, 0.05) is 6.54 Å². The van der Waals surface area contributed by atoms with Crippen molar-refractivity contribution in [3.05, 3.63) is 0 Å². The summed E-state index contributed by atoms with van der Waals surface area (Å²) in [4.78, 5) is 0. The summed E-state index contributed by atoms with van der Waals surface area (Å²) in [6.07, 6.45) is 6.04. The van der Waals surface area contributed by atoms with Gasteiger partial charge >= 0.3 is 0 Å². The van der Waals surface area contributed by atoms with E-state index in [0.29, 0.717) is 6.61 Å². The fraction of sp³-hybridized carbons (Fsp3) is 1.00. The fourth-order valence-corrected chi connectivity index (χ4v) is 1.35. The summed E-state index contributed by atoms with van der Waals surface area (Å²) in [6, 6.07) is 0. The molecule has 0 spiro atoms. The maximum absolute atomic E-state index is 9.43. The lowest BCUT2D eigenvalue weighted by Crippen LogP contribution is -2.23. The average Bonchev–Trinajstić information content (AvgIpc) is 2.23. The van der Waals surface area contributed by atoms with Crippen molar-refractivity contribution in [3.63, 3.8) is 0 Å². The molecule has 0 rings (SSSR count). The molecule has 0 bridgehead atoms. The van der Waals surface area contributed by atoms with E-state index < -0.39 is 6.29 Å². The molecule has 0 heterocycles. The predicted octanol–water partition coefficient (Wildman–Crippen LogP) is 2.29. The summed E-state index contributed by atoms with van der Waals surface area (Å²) in [6.45, 7) is 6.83. The van der Waals surface area contributed by atoms with Crippen LogP contribution in [0.2, 0.25) is 0 Å². The van der Waals surface area contributed by atoms with E-state index in [2.05, 4.69) is 19.2 Å². The minimum absolute atomic E-state index is 0.565. The topological polar surface area (TPSA) is 41.5 Å². The molecular formula is C12H27NO2. The van der Waals surface area contributed by atoms with Crippen LogP contribution in [0.4, 0.5) is 0 Å². The summed E-state index contributed by atoms with van der Waals surface area (Å²) in [5, 5.41) is 12.7. The van der Waals surface area contributed by atoms with E-state index in [9.17, 15) is 5.11 Å². The molecule has 0 aliphatic heterocycles. The van der Waals surface area contributed by atoms with Gasteiger partial charge in [-0.1, -0.05) is 33.1 Å². The van der Waals surface area contributed by atoms with Gasteiger partial charge < -0.3 is 15.2 Å². The molecule has 3 heteroatoms. The highest BCUT2D eigenvalue weighted by Gasteiger charge is 2.02. The number of unbranched alkanes of at least 4 members (excludes halogenated alkanes) is 3. The summed E-state index contributed by atoms with van der Waals surface area (Å²) >= 11 is 0. The first kappa shape index (κ1) is 14.9. The Morgan fingerprint density at radius 2 is 1.80 bits per heavy atom. The molecule has 92 valence electrons. The Kier molecular flexibility index (Phi) is 11.9. The first-order valence-electron chi connectivity index (χ1n) is 6.31. The Bertz CT molecular complexity index is 120. The van der Waals surface area contributed by atoms with Crippen LogP contribution in [-0.2, 0) is 4.74 Å². The maximum Gasteiger partial charge on any atom is 0.154 e. The minimum Gasteiger partial charge on any atom is -0.368 e. The molecule has 15 heavy (non-hydrogen) atoms. The van der Waals surface area contributed by atoms with Gasteiger partial charge in [-0.3, -0.25) is 0 Å². The van der Waals surface area contributed by atoms with Gasteiger partial charge in [-0.25, -0.2) is 0 Å². The summed E-state index contributed by atoms with van der Waals surface area (Å²) in [5.74, 6) is 0. The molecule has 0 aliphatic carbocycles. The van der Waals surface area contributed by atoms with Crippen LogP contribution in [0.3, 0.4) is 0 Å². The molecule has 3 nitrogen and oxygen atoms in total. The van der Waals surface area contributed by atoms with E-state index in [1.165, 1.54) is 25.7 Å². The highest BCUT2D eigenvalue weighted by molar-refractivity contribution is 4.48. The molecule has 2 N–H and O–H groups in total. The number of rotatable bonds is 11. The van der Waals surface area contributed by atoms with Gasteiger partial charge in [0.15, 0.2) is 6.29 Å². The van der Waals surface area contributed by atoms with Gasteiger partial charge in [0.05, 0.1) is 6.61 Å². The van der Waals surface area contributed by atoms with E-state index in [-0.39, 0.29) is 0 Å². The Labute approximate surface area is 94.2 Å². The van der Waals surface area contributed by atoms with Crippen LogP contribution in [0.1, 0.15) is 52.4 Å². The summed E-state index contributed by atoms with van der Waals surface area (Å²) in [7, 11) is 0. The third-order valence-electron chi connectivity index (χ3n) is 2.35. The summed E-state index contributed by atoms with van der Waals surface area (Å²) < 4.78 is 5.26. The Hall–Kier alpha value is -0.120. The van der Waals surface area contributed by atoms with Crippen molar-refractivity contribution in [2.75, 3.05) is 19.7 Å². The average molecular weight is 217 g/mol. The Morgan fingerprint density at radius 3 is 2.47 bits per heavy atom. The predicted molar refractivity (Wildman–Crippen MR) is 63.9 cm³/mol. The number of hydrogen-bond donors (Lipinski definition) is 2. The van der Waals surface area contributed by atoms with Crippen molar-refractivity contribution in [1.29, 1.82) is 0 Å². The van der Waals surface area contributed by atoms with Gasteiger partial charge in [0.25, 0.3) is 0 Å². The SMILES string of the molecule is CCCCCC(O)OCCNCCCC. The van der Waals surface area contributed by atoms with Gasteiger partial charge in [-0.2, -0.15) is 0 Å². The lowest BCUT2D eigenvalue weighted by atomic mass is 10.2. The molecule has 0 saturated heterocycles. The van der Waals surface area contributed by atoms with E-state index >= 15 is 0 Å². The fourth-order valence-electron chi connectivity index (χ4n) is 1.35. The van der Waals surface area contributed by atoms with Crippen LogP contribution in [0, 0.1) is 0 Å². The number of nitrogens with one attached hydrogen (secondary N) is 1. The number of aliphatic hydroxyl groups excluding tert-OH is 1. The lowest BCUT2D eigenvalue weighted by molar-refractivity contribution is -0.102. The molecule has 0 aromatic rings. The molecule has 0 aliphatic rings. The van der Waals surface area contributed by atoms with Gasteiger partial charge in [0.1, 0.15) is 0 Å². The van der Waals surface area contributed by atoms with Gasteiger partial charge in [0.2, 0.25) is 0 Å². The standard InChI is InChI=1S/C12H27NO2/c1-3-5-7-8-12(14)15-11-10-13-9-6-4-2/h12-14H,3-11H2,1-2H3. The third-order valence-corrected chi connectivity index (χ3v) is 2.35. The second-order valence-electron chi connectivity index (χ2n) is 3.92. The second kappa shape index (κ2) is 12.0. The van der Waals surface area contributed by atoms with Crippen molar-refractivity contribution in [2.24, 2.45) is 0 Å². The molecule has 0 aromatic heterocycles. The minimum atomic E-state index is -0.565. The van der Waals surface area contributed by atoms with Crippen molar-refractivity contribution in [2.45, 2.75) is 58.7 Å². The highest BCUT2D eigenvalue weighted by Crippen LogP contribution is 2.03. The Balaban J connectivity index is 3.06. The molecule has 0 saturated carbocycles. The zero-order valence-corrected chi connectivity index (χ0v) is 10.3. The highest BCUT2D eigenvalue weighted by atomic mass is 16.6. The third kappa shape index (κ3) is 11.8. The van der Waals surface area contributed by atoms with Crippen molar-refractivity contribution in [1.82, 2.24) is 5.32 Å². The molecule has 0 radical (unpaired) electrons. The van der Waals surface area contributed by atoms with Crippen molar-refractivity contribution >= 4 is 0 Å². The van der Waals surface area contributed by atoms with Gasteiger partial charge in [-0.05, 0) is 25.8 Å². The first-order valence-corrected chi connectivity index (χ1v) is 6.31. The van der Waals surface area contributed by atoms with E-state index in [0.717, 1.165) is 25.9 Å². The lowest BCUT2D eigenvalue weighted by Gasteiger charge is -2.11. The zero-order valence-electron chi connectivity index (χ0n) is 10.3. The molecule has 0 amide bonds. The van der Waals surface area contributed by atoms with Crippen LogP contribution in [0.15, 0.2) is 0 Å². The van der Waals surface area contributed by atoms with E-state index in [1.54, 1.807) is 0 Å². The quantitative estimate of drug-likeness (QED) is 0.412. The number of hydrogen-bond acceptors (Lipinski definition) is 3. The van der Waals surface area contributed by atoms with Crippen LogP contribution in [-0.4, -0.2) is 31.1 Å². The number of aliphatic hydroxyl groups is 1. The van der Waals surface area contributed by atoms with Gasteiger partial charge in [-0.15, -0.1) is 0 Å². The van der Waals surface area contributed by atoms with E-state index in [1.807, 2.05) is 0 Å². The van der Waals surface area contributed by atoms with E-state index in [4.69, 9.17) is 4.74 Å². The largest absolute Gasteiger partial charge is 0.368 e. The smallest absolute Gasteiger partial charge is 0.154 e. The maximum atomic E-state index is 9.43. The molecule has 1 unspecified atom stereocenters. The molecule has 0 fully saturated rings. The molecular weight excluding hydrogens is 190 g/mol. The number of ether oxygens (including phenoxy) is 1. The normalized spacial score (nSPS) is 13.0. The van der Waals surface area contributed by atoms with Crippen LogP contribution in [0.25, 0.3) is 0 Å². The van der Waals surface area contributed by atoms with Crippen molar-refractivity contribution < 1.29 is 9.84 Å².